The summed E-state index contributed by atoms with van der Waals surface area (Å²) in [7, 11) is 0. The summed E-state index contributed by atoms with van der Waals surface area (Å²) in [6, 6.07) is -0.799. The first-order valence-corrected chi connectivity index (χ1v) is 5.71. The Hall–Kier alpha value is -1.10. The van der Waals surface area contributed by atoms with Crippen LogP contribution < -0.4 is 5.32 Å². The van der Waals surface area contributed by atoms with E-state index in [-0.39, 0.29) is 12.5 Å². The van der Waals surface area contributed by atoms with Crippen molar-refractivity contribution in [3.63, 3.8) is 0 Å². The van der Waals surface area contributed by atoms with Gasteiger partial charge in [0.1, 0.15) is 12.6 Å². The number of hydrogen-bond donors (Lipinski definition) is 2. The number of nitrogens with one attached hydrogen (secondary N) is 1. The molecule has 0 aliphatic rings. The third kappa shape index (κ3) is 7.23. The van der Waals surface area contributed by atoms with E-state index in [4.69, 9.17) is 9.84 Å². The van der Waals surface area contributed by atoms with Crippen LogP contribution in [-0.4, -0.2) is 36.2 Å². The van der Waals surface area contributed by atoms with Crippen LogP contribution in [0, 0.1) is 0 Å². The second kappa shape index (κ2) is 9.15. The van der Waals surface area contributed by atoms with Crippen LogP contribution in [0.1, 0.15) is 39.5 Å². The standard InChI is InChI=1S/C11H21NO4/c1-3-5-7-16-8-10(13)12-9(6-4-2)11(14)15/h9H,3-8H2,1-2H3,(H,12,13)(H,14,15). The van der Waals surface area contributed by atoms with Gasteiger partial charge in [-0.05, 0) is 12.8 Å². The zero-order chi connectivity index (χ0) is 12.4. The van der Waals surface area contributed by atoms with Gasteiger partial charge in [-0.25, -0.2) is 4.79 Å². The van der Waals surface area contributed by atoms with Crippen LogP contribution in [0.3, 0.4) is 0 Å². The van der Waals surface area contributed by atoms with Gasteiger partial charge >= 0.3 is 5.97 Å². The quantitative estimate of drug-likeness (QED) is 0.584. The lowest BCUT2D eigenvalue weighted by Crippen LogP contribution is -2.42. The van der Waals surface area contributed by atoms with E-state index in [0.717, 1.165) is 12.8 Å². The van der Waals surface area contributed by atoms with E-state index in [2.05, 4.69) is 5.32 Å². The van der Waals surface area contributed by atoms with Gasteiger partial charge < -0.3 is 15.2 Å². The fraction of sp³-hybridized carbons (Fsp3) is 0.818. The molecule has 94 valence electrons. The lowest BCUT2D eigenvalue weighted by atomic mass is 10.2. The number of carbonyl (C=O) groups is 2. The highest BCUT2D eigenvalue weighted by Crippen LogP contribution is 1.97. The van der Waals surface area contributed by atoms with Crippen molar-refractivity contribution in [3.8, 4) is 0 Å². The Morgan fingerprint density at radius 2 is 2.00 bits per heavy atom. The van der Waals surface area contributed by atoms with Gasteiger partial charge in [0.25, 0.3) is 0 Å². The summed E-state index contributed by atoms with van der Waals surface area (Å²) in [5, 5.41) is 11.2. The molecule has 0 fully saturated rings. The highest BCUT2D eigenvalue weighted by Gasteiger charge is 2.18. The van der Waals surface area contributed by atoms with Crippen LogP contribution >= 0.6 is 0 Å². The molecule has 1 unspecified atom stereocenters. The van der Waals surface area contributed by atoms with E-state index in [1.54, 1.807) is 0 Å². The molecule has 0 aromatic rings. The molecular formula is C11H21NO4. The fourth-order valence-corrected chi connectivity index (χ4v) is 1.19. The lowest BCUT2D eigenvalue weighted by Gasteiger charge is -2.13. The molecule has 2 N–H and O–H groups in total. The summed E-state index contributed by atoms with van der Waals surface area (Å²) >= 11 is 0. The summed E-state index contributed by atoms with van der Waals surface area (Å²) in [6.45, 7) is 4.38. The maximum Gasteiger partial charge on any atom is 0.326 e. The number of unbranched alkanes of at least 4 members (excludes halogenated alkanes) is 1. The Labute approximate surface area is 96.2 Å². The van der Waals surface area contributed by atoms with Crippen LogP contribution in [0.5, 0.6) is 0 Å². The summed E-state index contributed by atoms with van der Waals surface area (Å²) < 4.78 is 5.09. The number of ether oxygens (including phenoxy) is 1. The molecule has 0 heterocycles. The van der Waals surface area contributed by atoms with Crippen molar-refractivity contribution in [1.29, 1.82) is 0 Å². The van der Waals surface area contributed by atoms with Crippen molar-refractivity contribution in [3.05, 3.63) is 0 Å². The van der Waals surface area contributed by atoms with E-state index in [1.165, 1.54) is 0 Å². The molecule has 5 nitrogen and oxygen atoms in total. The fourth-order valence-electron chi connectivity index (χ4n) is 1.19. The second-order valence-electron chi connectivity index (χ2n) is 3.65. The number of carboxylic acids is 1. The predicted molar refractivity (Wildman–Crippen MR) is 60.2 cm³/mol. The van der Waals surface area contributed by atoms with Gasteiger partial charge in [-0.15, -0.1) is 0 Å². The van der Waals surface area contributed by atoms with Crippen LogP contribution in [0.4, 0.5) is 0 Å². The number of carboxylic acid groups (broad SMARTS) is 1. The SMILES string of the molecule is CCCCOCC(=O)NC(CCC)C(=O)O. The molecule has 0 aliphatic carbocycles. The van der Waals surface area contributed by atoms with Gasteiger partial charge in [-0.2, -0.15) is 0 Å². The molecule has 0 aromatic heterocycles. The van der Waals surface area contributed by atoms with Crippen molar-refractivity contribution < 1.29 is 19.4 Å². The number of rotatable bonds is 9. The third-order valence-electron chi connectivity index (χ3n) is 2.09. The average Bonchev–Trinajstić information content (AvgIpc) is 2.23. The van der Waals surface area contributed by atoms with Crippen molar-refractivity contribution >= 4 is 11.9 Å². The summed E-state index contributed by atoms with van der Waals surface area (Å²) in [5.41, 5.74) is 0. The monoisotopic (exact) mass is 231 g/mol. The van der Waals surface area contributed by atoms with Gasteiger partial charge in [0, 0.05) is 6.61 Å². The van der Waals surface area contributed by atoms with Crippen molar-refractivity contribution in [2.45, 2.75) is 45.6 Å². The van der Waals surface area contributed by atoms with E-state index >= 15 is 0 Å². The van der Waals surface area contributed by atoms with Gasteiger partial charge in [-0.3, -0.25) is 4.79 Å². The maximum absolute atomic E-state index is 11.3. The number of aliphatic carboxylic acids is 1. The second-order valence-corrected chi connectivity index (χ2v) is 3.65. The number of hydrogen-bond acceptors (Lipinski definition) is 3. The van der Waals surface area contributed by atoms with Gasteiger partial charge in [0.2, 0.25) is 5.91 Å². The number of carbonyl (C=O) groups excluding carboxylic acids is 1. The molecule has 0 spiro atoms. The van der Waals surface area contributed by atoms with Gasteiger partial charge in [0.05, 0.1) is 0 Å². The molecule has 0 aromatic carbocycles. The number of amides is 1. The summed E-state index contributed by atoms with van der Waals surface area (Å²) in [4.78, 5) is 22.0. The first-order chi connectivity index (χ1) is 7.61. The van der Waals surface area contributed by atoms with Gasteiger partial charge in [0.15, 0.2) is 0 Å². The van der Waals surface area contributed by atoms with E-state index in [1.807, 2.05) is 13.8 Å². The summed E-state index contributed by atoms with van der Waals surface area (Å²) in [6.07, 6.45) is 3.07. The Bertz CT molecular complexity index is 218. The first-order valence-electron chi connectivity index (χ1n) is 5.71. The Morgan fingerprint density at radius 3 is 2.50 bits per heavy atom. The highest BCUT2D eigenvalue weighted by molar-refractivity contribution is 5.84. The molecule has 0 radical (unpaired) electrons. The van der Waals surface area contributed by atoms with Crippen molar-refractivity contribution in [2.24, 2.45) is 0 Å². The molecule has 0 rings (SSSR count). The topological polar surface area (TPSA) is 75.6 Å². The Balaban J connectivity index is 3.77. The molecule has 1 atom stereocenters. The van der Waals surface area contributed by atoms with Crippen LogP contribution in [0.15, 0.2) is 0 Å². The Kier molecular flexibility index (Phi) is 8.52. The van der Waals surface area contributed by atoms with Crippen LogP contribution in [0.25, 0.3) is 0 Å². The minimum Gasteiger partial charge on any atom is -0.480 e. The van der Waals surface area contributed by atoms with E-state index < -0.39 is 12.0 Å². The maximum atomic E-state index is 11.3. The Morgan fingerprint density at radius 1 is 1.31 bits per heavy atom. The molecule has 0 saturated heterocycles. The molecule has 16 heavy (non-hydrogen) atoms. The molecule has 0 bridgehead atoms. The van der Waals surface area contributed by atoms with Crippen molar-refractivity contribution in [2.75, 3.05) is 13.2 Å². The largest absolute Gasteiger partial charge is 0.480 e. The minimum absolute atomic E-state index is 0.0620. The normalized spacial score (nSPS) is 12.1. The average molecular weight is 231 g/mol. The molecular weight excluding hydrogens is 210 g/mol. The van der Waals surface area contributed by atoms with Gasteiger partial charge in [-0.1, -0.05) is 26.7 Å². The lowest BCUT2D eigenvalue weighted by molar-refractivity contribution is -0.142. The zero-order valence-corrected chi connectivity index (χ0v) is 9.99. The zero-order valence-electron chi connectivity index (χ0n) is 9.99. The van der Waals surface area contributed by atoms with Crippen LogP contribution in [-0.2, 0) is 14.3 Å². The summed E-state index contributed by atoms with van der Waals surface area (Å²) in [5.74, 6) is -1.36. The minimum atomic E-state index is -0.997. The van der Waals surface area contributed by atoms with E-state index in [0.29, 0.717) is 19.4 Å². The smallest absolute Gasteiger partial charge is 0.326 e. The van der Waals surface area contributed by atoms with Crippen molar-refractivity contribution in [1.82, 2.24) is 5.32 Å². The molecule has 1 amide bonds. The molecule has 5 heteroatoms. The van der Waals surface area contributed by atoms with Crippen LogP contribution in [0.2, 0.25) is 0 Å². The molecule has 0 aliphatic heterocycles. The van der Waals surface area contributed by atoms with E-state index in [9.17, 15) is 9.59 Å². The highest BCUT2D eigenvalue weighted by atomic mass is 16.5. The molecule has 0 saturated carbocycles. The third-order valence-corrected chi connectivity index (χ3v) is 2.09. The predicted octanol–water partition coefficient (Wildman–Crippen LogP) is 1.17. The first kappa shape index (κ1) is 14.9.